The molecule has 5 heteroatoms. The minimum Gasteiger partial charge on any atom is -0.326 e. The second-order valence-corrected chi connectivity index (χ2v) is 8.64. The fraction of sp³-hybridized carbons (Fsp3) is 0.231. The zero-order chi connectivity index (χ0) is 21.6. The van der Waals surface area contributed by atoms with Crippen LogP contribution in [0.5, 0.6) is 0 Å². The second-order valence-electron chi connectivity index (χ2n) is 7.57. The largest absolute Gasteiger partial charge is 0.326 e. The van der Waals surface area contributed by atoms with Gasteiger partial charge in [0, 0.05) is 17.8 Å². The van der Waals surface area contributed by atoms with E-state index in [0.717, 1.165) is 29.7 Å². The van der Waals surface area contributed by atoms with E-state index in [1.807, 2.05) is 71.6 Å². The van der Waals surface area contributed by atoms with E-state index in [1.165, 1.54) is 5.56 Å². The summed E-state index contributed by atoms with van der Waals surface area (Å²) in [4.78, 5) is 27.1. The number of hydrogen-bond donors (Lipinski definition) is 1. The van der Waals surface area contributed by atoms with E-state index in [-0.39, 0.29) is 17.2 Å². The number of nitrogens with zero attached hydrogens (tertiary/aromatic N) is 1. The number of aryl methyl sites for hydroxylation is 1. The Bertz CT molecular complexity index is 1050. The highest BCUT2D eigenvalue weighted by atomic mass is 32.2. The van der Waals surface area contributed by atoms with Gasteiger partial charge in [0.05, 0.1) is 5.75 Å². The molecule has 2 amide bonds. The highest BCUT2D eigenvalue weighted by molar-refractivity contribution is 8.00. The van der Waals surface area contributed by atoms with Gasteiger partial charge in [-0.3, -0.25) is 9.59 Å². The molecule has 3 aromatic rings. The van der Waals surface area contributed by atoms with Gasteiger partial charge in [-0.2, -0.15) is 0 Å². The first kappa shape index (κ1) is 21.2. The number of hydrogen-bond acceptors (Lipinski definition) is 3. The molecule has 0 aliphatic carbocycles. The van der Waals surface area contributed by atoms with Gasteiger partial charge in [-0.25, -0.2) is 0 Å². The Kier molecular flexibility index (Phi) is 6.73. The molecule has 1 fully saturated rings. The van der Waals surface area contributed by atoms with Crippen LogP contribution >= 0.6 is 11.8 Å². The quantitative estimate of drug-likeness (QED) is 0.552. The Labute approximate surface area is 187 Å². The minimum absolute atomic E-state index is 0.00543. The van der Waals surface area contributed by atoms with Gasteiger partial charge in [-0.1, -0.05) is 67.6 Å². The van der Waals surface area contributed by atoms with Crippen molar-refractivity contribution >= 4 is 29.3 Å². The zero-order valence-electron chi connectivity index (χ0n) is 17.6. The number of para-hydroxylation sites is 1. The summed E-state index contributed by atoms with van der Waals surface area (Å²) in [6.45, 7) is 2.76. The predicted molar refractivity (Wildman–Crippen MR) is 127 cm³/mol. The third-order valence-corrected chi connectivity index (χ3v) is 6.81. The van der Waals surface area contributed by atoms with Crippen LogP contribution in [0.25, 0.3) is 0 Å². The summed E-state index contributed by atoms with van der Waals surface area (Å²) >= 11 is 1.64. The highest BCUT2D eigenvalue weighted by Crippen LogP contribution is 2.38. The van der Waals surface area contributed by atoms with Crippen molar-refractivity contribution in [3.05, 3.63) is 101 Å². The van der Waals surface area contributed by atoms with Crippen LogP contribution in [0.4, 0.5) is 5.69 Å². The zero-order valence-corrected chi connectivity index (χ0v) is 18.4. The molecule has 3 aromatic carbocycles. The molecule has 0 radical (unpaired) electrons. The molecule has 0 aromatic heterocycles. The highest BCUT2D eigenvalue weighted by Gasteiger charge is 2.32. The van der Waals surface area contributed by atoms with Crippen LogP contribution < -0.4 is 5.32 Å². The third kappa shape index (κ3) is 5.00. The fourth-order valence-electron chi connectivity index (χ4n) is 3.81. The minimum atomic E-state index is -0.122. The maximum atomic E-state index is 12.7. The molecule has 0 spiro atoms. The van der Waals surface area contributed by atoms with E-state index < -0.39 is 0 Å². The van der Waals surface area contributed by atoms with E-state index in [9.17, 15) is 9.59 Å². The van der Waals surface area contributed by atoms with Crippen molar-refractivity contribution in [3.8, 4) is 0 Å². The summed E-state index contributed by atoms with van der Waals surface area (Å²) < 4.78 is 0. The lowest BCUT2D eigenvalue weighted by Gasteiger charge is -2.24. The summed E-state index contributed by atoms with van der Waals surface area (Å²) in [7, 11) is 0. The van der Waals surface area contributed by atoms with E-state index >= 15 is 0 Å². The number of rotatable bonds is 7. The molecule has 0 saturated carbocycles. The summed E-state index contributed by atoms with van der Waals surface area (Å²) in [5, 5.41) is 3.01. The second kappa shape index (κ2) is 9.84. The van der Waals surface area contributed by atoms with Crippen LogP contribution in [0, 0.1) is 0 Å². The molecule has 31 heavy (non-hydrogen) atoms. The Balaban J connectivity index is 1.44. The average Bonchev–Trinajstić information content (AvgIpc) is 3.19. The first-order valence-electron chi connectivity index (χ1n) is 10.6. The van der Waals surface area contributed by atoms with Crippen LogP contribution in [0.1, 0.15) is 39.3 Å². The first-order chi connectivity index (χ1) is 15.2. The molecule has 1 atom stereocenters. The monoisotopic (exact) mass is 430 g/mol. The predicted octanol–water partition coefficient (Wildman–Crippen LogP) is 5.32. The lowest BCUT2D eigenvalue weighted by atomic mass is 10.1. The SMILES string of the molecule is CCc1ccccc1NC(=O)c1ccc([C@H]2SCC(=O)N2CCc2ccccc2)cc1. The van der Waals surface area contributed by atoms with Crippen molar-refractivity contribution < 1.29 is 9.59 Å². The van der Waals surface area contributed by atoms with Gasteiger partial charge in [0.2, 0.25) is 5.91 Å². The molecule has 1 saturated heterocycles. The summed E-state index contributed by atoms with van der Waals surface area (Å²) in [6, 6.07) is 25.7. The lowest BCUT2D eigenvalue weighted by Crippen LogP contribution is -2.30. The van der Waals surface area contributed by atoms with Crippen molar-refractivity contribution in [3.63, 3.8) is 0 Å². The molecular weight excluding hydrogens is 404 g/mol. The van der Waals surface area contributed by atoms with Crippen LogP contribution in [0.15, 0.2) is 78.9 Å². The van der Waals surface area contributed by atoms with E-state index in [1.54, 1.807) is 11.8 Å². The molecule has 4 rings (SSSR count). The maximum absolute atomic E-state index is 12.7. The van der Waals surface area contributed by atoms with Gasteiger partial charge in [-0.05, 0) is 47.7 Å². The molecule has 1 aliphatic rings. The molecular formula is C26H26N2O2S. The van der Waals surface area contributed by atoms with Crippen molar-refractivity contribution in [1.82, 2.24) is 4.90 Å². The average molecular weight is 431 g/mol. The molecule has 1 aliphatic heterocycles. The molecule has 0 bridgehead atoms. The third-order valence-electron chi connectivity index (χ3n) is 5.56. The maximum Gasteiger partial charge on any atom is 0.255 e. The van der Waals surface area contributed by atoms with E-state index in [0.29, 0.717) is 17.9 Å². The van der Waals surface area contributed by atoms with Gasteiger partial charge in [0.1, 0.15) is 5.37 Å². The van der Waals surface area contributed by atoms with Crippen molar-refractivity contribution in [2.75, 3.05) is 17.6 Å². The van der Waals surface area contributed by atoms with Crippen LogP contribution in [-0.4, -0.2) is 29.0 Å². The standard InChI is InChI=1S/C26H26N2O2S/c1-2-20-10-6-7-11-23(20)27-25(30)21-12-14-22(15-13-21)26-28(24(29)18-31-26)17-16-19-8-4-3-5-9-19/h3-15,26H,2,16-18H2,1H3,(H,27,30)/t26-/m1/s1. The van der Waals surface area contributed by atoms with E-state index in [4.69, 9.17) is 0 Å². The summed E-state index contributed by atoms with van der Waals surface area (Å²) in [5.74, 6) is 0.544. The van der Waals surface area contributed by atoms with E-state index in [2.05, 4.69) is 24.4 Å². The number of benzene rings is 3. The number of thioether (sulfide) groups is 1. The van der Waals surface area contributed by atoms with Gasteiger partial charge in [0.15, 0.2) is 0 Å². The fourth-order valence-corrected chi connectivity index (χ4v) is 5.03. The smallest absolute Gasteiger partial charge is 0.255 e. The lowest BCUT2D eigenvalue weighted by molar-refractivity contribution is -0.128. The Hall–Kier alpha value is -3.05. The summed E-state index contributed by atoms with van der Waals surface area (Å²) in [5.41, 5.74) is 4.85. The number of carbonyl (C=O) groups excluding carboxylic acids is 2. The molecule has 4 nitrogen and oxygen atoms in total. The number of nitrogens with one attached hydrogen (secondary N) is 1. The van der Waals surface area contributed by atoms with Crippen LogP contribution in [-0.2, 0) is 17.6 Å². The van der Waals surface area contributed by atoms with Crippen LogP contribution in [0.3, 0.4) is 0 Å². The number of carbonyl (C=O) groups is 2. The Morgan fingerprint density at radius 3 is 2.45 bits per heavy atom. The van der Waals surface area contributed by atoms with Gasteiger partial charge in [-0.15, -0.1) is 11.8 Å². The summed E-state index contributed by atoms with van der Waals surface area (Å²) in [6.07, 6.45) is 1.70. The molecule has 0 unspecified atom stereocenters. The van der Waals surface area contributed by atoms with Crippen molar-refractivity contribution in [2.24, 2.45) is 0 Å². The van der Waals surface area contributed by atoms with Crippen molar-refractivity contribution in [1.29, 1.82) is 0 Å². The van der Waals surface area contributed by atoms with Gasteiger partial charge >= 0.3 is 0 Å². The first-order valence-corrected chi connectivity index (χ1v) is 11.6. The Morgan fingerprint density at radius 2 is 1.71 bits per heavy atom. The molecule has 1 heterocycles. The van der Waals surface area contributed by atoms with Gasteiger partial charge in [0.25, 0.3) is 5.91 Å². The topological polar surface area (TPSA) is 49.4 Å². The molecule has 1 N–H and O–H groups in total. The number of anilines is 1. The van der Waals surface area contributed by atoms with Crippen molar-refractivity contribution in [2.45, 2.75) is 25.1 Å². The van der Waals surface area contributed by atoms with Gasteiger partial charge < -0.3 is 10.2 Å². The number of amides is 2. The van der Waals surface area contributed by atoms with Crippen LogP contribution in [0.2, 0.25) is 0 Å². The Morgan fingerprint density at radius 1 is 1.00 bits per heavy atom. The molecule has 158 valence electrons. The normalized spacial score (nSPS) is 15.8.